The van der Waals surface area contributed by atoms with Gasteiger partial charge in [0.15, 0.2) is 17.2 Å². The minimum absolute atomic E-state index is 0.209. The lowest BCUT2D eigenvalue weighted by Gasteiger charge is -2.24. The molecule has 1 atom stereocenters. The van der Waals surface area contributed by atoms with Crippen LogP contribution in [0.1, 0.15) is 33.4 Å². The summed E-state index contributed by atoms with van der Waals surface area (Å²) >= 11 is 0. The van der Waals surface area contributed by atoms with E-state index >= 15 is 0 Å². The number of carbonyl (C=O) groups is 1. The first-order valence-electron chi connectivity index (χ1n) is 9.22. The van der Waals surface area contributed by atoms with E-state index in [0.717, 1.165) is 17.0 Å². The number of benzene rings is 2. The summed E-state index contributed by atoms with van der Waals surface area (Å²) in [6.45, 7) is 2.69. The van der Waals surface area contributed by atoms with E-state index in [-0.39, 0.29) is 24.4 Å². The van der Waals surface area contributed by atoms with Gasteiger partial charge in [-0.15, -0.1) is 0 Å². The average molecular weight is 395 g/mol. The van der Waals surface area contributed by atoms with E-state index in [9.17, 15) is 9.18 Å². The molecular weight excluding hydrogens is 377 g/mol. The van der Waals surface area contributed by atoms with Crippen molar-refractivity contribution < 1.29 is 23.4 Å². The summed E-state index contributed by atoms with van der Waals surface area (Å²) in [5, 5.41) is 7.09. The van der Waals surface area contributed by atoms with Crippen molar-refractivity contribution >= 4 is 11.6 Å². The summed E-state index contributed by atoms with van der Waals surface area (Å²) in [6.07, 6.45) is -0.209. The number of aromatic nitrogens is 2. The highest BCUT2D eigenvalue weighted by Crippen LogP contribution is 2.36. The van der Waals surface area contributed by atoms with E-state index in [2.05, 4.69) is 10.4 Å². The van der Waals surface area contributed by atoms with Crippen molar-refractivity contribution in [3.05, 3.63) is 70.8 Å². The fourth-order valence-electron chi connectivity index (χ4n) is 3.42. The second-order valence-corrected chi connectivity index (χ2v) is 7.03. The second-order valence-electron chi connectivity index (χ2n) is 7.03. The number of anilines is 1. The van der Waals surface area contributed by atoms with Crippen LogP contribution in [0, 0.1) is 12.7 Å². The minimum Gasteiger partial charge on any atom is -0.454 e. The zero-order valence-corrected chi connectivity index (χ0v) is 15.6. The first kappa shape index (κ1) is 17.7. The van der Waals surface area contributed by atoms with Gasteiger partial charge in [0.1, 0.15) is 11.9 Å². The molecule has 1 N–H and O–H groups in total. The third-order valence-corrected chi connectivity index (χ3v) is 5.07. The number of fused-ring (bicyclic) bond motifs is 2. The Balaban J connectivity index is 1.32. The molecule has 2 aliphatic rings. The molecule has 8 heteroatoms. The number of nitrogens with zero attached hydrogens (tertiary/aromatic N) is 2. The molecule has 2 aliphatic heterocycles. The maximum atomic E-state index is 13.7. The molecule has 29 heavy (non-hydrogen) atoms. The molecule has 3 heterocycles. The molecule has 0 aliphatic carbocycles. The molecule has 1 amide bonds. The fraction of sp³-hybridized carbons (Fsp3) is 0.238. The standard InChI is InChI=1S/C21H18FN3O4/c1-12-2-4-14(7-16(12)22)23-21(26)17-8-15-10-27-20(9-25(15)24-17)13-3-5-18-19(6-13)29-11-28-18/h2-8,20H,9-11H2,1H3,(H,23,26)/t20-/m1/s1. The monoisotopic (exact) mass is 395 g/mol. The number of rotatable bonds is 3. The lowest BCUT2D eigenvalue weighted by atomic mass is 10.1. The molecule has 7 nitrogen and oxygen atoms in total. The van der Waals surface area contributed by atoms with E-state index < -0.39 is 5.91 Å². The molecule has 0 saturated carbocycles. The summed E-state index contributed by atoms with van der Waals surface area (Å²) < 4.78 is 32.2. The van der Waals surface area contributed by atoms with Crippen molar-refractivity contribution in [3.8, 4) is 11.5 Å². The van der Waals surface area contributed by atoms with Crippen LogP contribution >= 0.6 is 0 Å². The lowest BCUT2D eigenvalue weighted by Crippen LogP contribution is -2.22. The van der Waals surface area contributed by atoms with Gasteiger partial charge < -0.3 is 19.5 Å². The molecular formula is C21H18FN3O4. The number of hydrogen-bond acceptors (Lipinski definition) is 5. The van der Waals surface area contributed by atoms with E-state index in [4.69, 9.17) is 14.2 Å². The van der Waals surface area contributed by atoms with Gasteiger partial charge in [-0.25, -0.2) is 4.39 Å². The van der Waals surface area contributed by atoms with Gasteiger partial charge in [-0.1, -0.05) is 12.1 Å². The summed E-state index contributed by atoms with van der Waals surface area (Å²) in [4.78, 5) is 12.5. The molecule has 0 saturated heterocycles. The SMILES string of the molecule is Cc1ccc(NC(=O)c2cc3n(n2)C[C@H](c2ccc4c(c2)OCO4)OC3)cc1F. The molecule has 5 rings (SSSR count). The minimum atomic E-state index is -0.394. The third-order valence-electron chi connectivity index (χ3n) is 5.07. The first-order chi connectivity index (χ1) is 14.1. The highest BCUT2D eigenvalue weighted by molar-refractivity contribution is 6.02. The van der Waals surface area contributed by atoms with Crippen LogP contribution in [-0.2, 0) is 17.9 Å². The van der Waals surface area contributed by atoms with E-state index in [1.165, 1.54) is 6.07 Å². The van der Waals surface area contributed by atoms with Crippen molar-refractivity contribution in [3.63, 3.8) is 0 Å². The Morgan fingerprint density at radius 3 is 2.90 bits per heavy atom. The Kier molecular flexibility index (Phi) is 4.21. The van der Waals surface area contributed by atoms with Gasteiger partial charge in [0.05, 0.1) is 18.8 Å². The lowest BCUT2D eigenvalue weighted by molar-refractivity contribution is -0.00127. The molecule has 0 bridgehead atoms. The highest BCUT2D eigenvalue weighted by atomic mass is 19.1. The van der Waals surface area contributed by atoms with Crippen LogP contribution in [0.5, 0.6) is 11.5 Å². The van der Waals surface area contributed by atoms with Crippen LogP contribution in [0.15, 0.2) is 42.5 Å². The van der Waals surface area contributed by atoms with Crippen molar-refractivity contribution in [1.29, 1.82) is 0 Å². The Morgan fingerprint density at radius 2 is 2.03 bits per heavy atom. The Morgan fingerprint density at radius 1 is 1.17 bits per heavy atom. The molecule has 3 aromatic rings. The van der Waals surface area contributed by atoms with Crippen LogP contribution in [0.2, 0.25) is 0 Å². The zero-order valence-electron chi connectivity index (χ0n) is 15.6. The van der Waals surface area contributed by atoms with Crippen molar-refractivity contribution in [2.45, 2.75) is 26.2 Å². The number of nitrogens with one attached hydrogen (secondary N) is 1. The smallest absolute Gasteiger partial charge is 0.276 e. The Bertz CT molecular complexity index is 1110. The van der Waals surface area contributed by atoms with Crippen LogP contribution < -0.4 is 14.8 Å². The van der Waals surface area contributed by atoms with Crippen LogP contribution in [0.3, 0.4) is 0 Å². The summed E-state index contributed by atoms with van der Waals surface area (Å²) in [6, 6.07) is 12.0. The highest BCUT2D eigenvalue weighted by Gasteiger charge is 2.26. The third kappa shape index (κ3) is 3.31. The Hall–Kier alpha value is -3.39. The largest absolute Gasteiger partial charge is 0.454 e. The first-order valence-corrected chi connectivity index (χ1v) is 9.22. The van der Waals surface area contributed by atoms with Crippen LogP contribution in [-0.4, -0.2) is 22.5 Å². The van der Waals surface area contributed by atoms with E-state index in [1.807, 2.05) is 18.2 Å². The predicted octanol–water partition coefficient (Wildman–Crippen LogP) is 3.58. The molecule has 2 aromatic carbocycles. The second kappa shape index (κ2) is 6.89. The van der Waals surface area contributed by atoms with Gasteiger partial charge in [-0.3, -0.25) is 9.48 Å². The molecule has 0 spiro atoms. The summed E-state index contributed by atoms with van der Waals surface area (Å²) in [5.41, 5.74) is 2.93. The number of hydrogen-bond donors (Lipinski definition) is 1. The van der Waals surface area contributed by atoms with Crippen molar-refractivity contribution in [1.82, 2.24) is 9.78 Å². The predicted molar refractivity (Wildman–Crippen MR) is 101 cm³/mol. The molecule has 0 radical (unpaired) electrons. The molecule has 0 fully saturated rings. The summed E-state index contributed by atoms with van der Waals surface area (Å²) in [5.74, 6) is 0.653. The zero-order chi connectivity index (χ0) is 20.0. The summed E-state index contributed by atoms with van der Waals surface area (Å²) in [7, 11) is 0. The molecule has 0 unspecified atom stereocenters. The van der Waals surface area contributed by atoms with Gasteiger partial charge in [0, 0.05) is 5.69 Å². The van der Waals surface area contributed by atoms with Gasteiger partial charge in [0.2, 0.25) is 6.79 Å². The number of ether oxygens (including phenoxy) is 3. The molecule has 1 aromatic heterocycles. The van der Waals surface area contributed by atoms with Crippen molar-refractivity contribution in [2.75, 3.05) is 12.1 Å². The van der Waals surface area contributed by atoms with Gasteiger partial charge >= 0.3 is 0 Å². The van der Waals surface area contributed by atoms with Crippen molar-refractivity contribution in [2.24, 2.45) is 0 Å². The average Bonchev–Trinajstić information content (AvgIpc) is 3.36. The normalized spacial score (nSPS) is 17.1. The van der Waals surface area contributed by atoms with Crippen LogP contribution in [0.25, 0.3) is 0 Å². The fourth-order valence-corrected chi connectivity index (χ4v) is 3.42. The number of carbonyl (C=O) groups excluding carboxylic acids is 1. The number of halogens is 1. The van der Waals surface area contributed by atoms with Gasteiger partial charge in [-0.2, -0.15) is 5.10 Å². The van der Waals surface area contributed by atoms with Crippen LogP contribution in [0.4, 0.5) is 10.1 Å². The quantitative estimate of drug-likeness (QED) is 0.734. The molecule has 148 valence electrons. The van der Waals surface area contributed by atoms with E-state index in [0.29, 0.717) is 30.2 Å². The Labute approximate surface area is 166 Å². The number of amides is 1. The van der Waals surface area contributed by atoms with Gasteiger partial charge in [0.25, 0.3) is 5.91 Å². The van der Waals surface area contributed by atoms with Gasteiger partial charge in [-0.05, 0) is 48.4 Å². The topological polar surface area (TPSA) is 74.6 Å². The maximum Gasteiger partial charge on any atom is 0.276 e. The number of aryl methyl sites for hydroxylation is 1. The van der Waals surface area contributed by atoms with E-state index in [1.54, 1.807) is 29.8 Å². The maximum absolute atomic E-state index is 13.7.